The maximum absolute atomic E-state index is 5.95. The lowest BCUT2D eigenvalue weighted by Gasteiger charge is -2.02. The molecule has 2 rings (SSSR count). The predicted molar refractivity (Wildman–Crippen MR) is 70.4 cm³/mol. The van der Waals surface area contributed by atoms with Crippen molar-refractivity contribution in [2.24, 2.45) is 0 Å². The first kappa shape index (κ1) is 12.1. The van der Waals surface area contributed by atoms with E-state index in [1.165, 1.54) is 5.56 Å². The lowest BCUT2D eigenvalue weighted by Crippen LogP contribution is -2.10. The fourth-order valence-corrected chi connectivity index (χ4v) is 1.93. The zero-order chi connectivity index (χ0) is 12.1. The average Bonchev–Trinajstić information content (AvgIpc) is 2.74. The second-order valence-corrected chi connectivity index (χ2v) is 4.46. The summed E-state index contributed by atoms with van der Waals surface area (Å²) in [4.78, 5) is 4.36. The van der Waals surface area contributed by atoms with Gasteiger partial charge in [0.25, 0.3) is 0 Å². The van der Waals surface area contributed by atoms with Crippen LogP contribution in [0.2, 0.25) is 5.02 Å². The molecule has 1 aromatic carbocycles. The van der Waals surface area contributed by atoms with E-state index in [9.17, 15) is 0 Å². The molecule has 1 N–H and O–H groups in total. The van der Waals surface area contributed by atoms with Crippen LogP contribution in [0.1, 0.15) is 11.3 Å². The summed E-state index contributed by atoms with van der Waals surface area (Å²) in [5.74, 6) is 0. The highest BCUT2D eigenvalue weighted by molar-refractivity contribution is 6.30. The topological polar surface area (TPSA) is 29.9 Å². The van der Waals surface area contributed by atoms with Crippen molar-refractivity contribution in [1.29, 1.82) is 0 Å². The zero-order valence-electron chi connectivity index (χ0n) is 9.86. The monoisotopic (exact) mass is 249 g/mol. The summed E-state index contributed by atoms with van der Waals surface area (Å²) in [7, 11) is 1.95. The Bertz CT molecular complexity index is 479. The Hall–Kier alpha value is -1.32. The van der Waals surface area contributed by atoms with Crippen molar-refractivity contribution in [3.8, 4) is 0 Å². The fourth-order valence-electron chi connectivity index (χ4n) is 1.72. The number of halogens is 1. The van der Waals surface area contributed by atoms with E-state index in [0.717, 1.165) is 30.2 Å². The highest BCUT2D eigenvalue weighted by Gasteiger charge is 2.00. The first-order valence-corrected chi connectivity index (χ1v) is 6.05. The Morgan fingerprint density at radius 1 is 1.41 bits per heavy atom. The number of rotatable bonds is 5. The number of aromatic nitrogens is 2. The van der Waals surface area contributed by atoms with Gasteiger partial charge in [-0.05, 0) is 24.7 Å². The highest BCUT2D eigenvalue weighted by atomic mass is 35.5. The summed E-state index contributed by atoms with van der Waals surface area (Å²) in [5, 5.41) is 3.89. The van der Waals surface area contributed by atoms with Gasteiger partial charge in [-0.15, -0.1) is 0 Å². The van der Waals surface area contributed by atoms with Crippen molar-refractivity contribution in [1.82, 2.24) is 14.9 Å². The molecule has 90 valence electrons. The van der Waals surface area contributed by atoms with Gasteiger partial charge in [0.15, 0.2) is 0 Å². The van der Waals surface area contributed by atoms with Crippen LogP contribution in [0.4, 0.5) is 0 Å². The second kappa shape index (κ2) is 5.84. The SMILES string of the molecule is CNCCc1cn(Cc2cccc(Cl)c2)cn1. The Balaban J connectivity index is 2.01. The molecule has 0 bridgehead atoms. The number of nitrogens with one attached hydrogen (secondary N) is 1. The molecule has 2 aromatic rings. The van der Waals surface area contributed by atoms with Crippen molar-refractivity contribution in [2.45, 2.75) is 13.0 Å². The Kier molecular flexibility index (Phi) is 4.18. The third-order valence-electron chi connectivity index (χ3n) is 2.57. The number of imidazole rings is 1. The van der Waals surface area contributed by atoms with E-state index in [1.807, 2.05) is 31.6 Å². The second-order valence-electron chi connectivity index (χ2n) is 4.02. The molecule has 0 fully saturated rings. The lowest BCUT2D eigenvalue weighted by atomic mass is 10.2. The molecule has 0 saturated carbocycles. The Labute approximate surface area is 106 Å². The normalized spacial score (nSPS) is 10.7. The Morgan fingerprint density at radius 2 is 2.29 bits per heavy atom. The van der Waals surface area contributed by atoms with Gasteiger partial charge < -0.3 is 9.88 Å². The summed E-state index contributed by atoms with van der Waals surface area (Å²) in [6.45, 7) is 1.77. The summed E-state index contributed by atoms with van der Waals surface area (Å²) >= 11 is 5.95. The smallest absolute Gasteiger partial charge is 0.0952 e. The van der Waals surface area contributed by atoms with Crippen molar-refractivity contribution in [2.75, 3.05) is 13.6 Å². The van der Waals surface area contributed by atoms with Gasteiger partial charge in [-0.2, -0.15) is 0 Å². The lowest BCUT2D eigenvalue weighted by molar-refractivity contribution is 0.774. The summed E-state index contributed by atoms with van der Waals surface area (Å²) in [5.41, 5.74) is 2.30. The van der Waals surface area contributed by atoms with Crippen LogP contribution < -0.4 is 5.32 Å². The molecule has 3 nitrogen and oxygen atoms in total. The largest absolute Gasteiger partial charge is 0.333 e. The van der Waals surface area contributed by atoms with Gasteiger partial charge in [-0.1, -0.05) is 23.7 Å². The van der Waals surface area contributed by atoms with Crippen LogP contribution in [-0.2, 0) is 13.0 Å². The van der Waals surface area contributed by atoms with Crippen LogP contribution in [0.5, 0.6) is 0 Å². The standard InChI is InChI=1S/C13H16ClN3/c1-15-6-5-13-9-17(10-16-13)8-11-3-2-4-12(14)7-11/h2-4,7,9-10,15H,5-6,8H2,1H3. The molecule has 0 aliphatic carbocycles. The number of hydrogen-bond acceptors (Lipinski definition) is 2. The van der Waals surface area contributed by atoms with E-state index in [1.54, 1.807) is 0 Å². The molecule has 0 aliphatic rings. The number of hydrogen-bond donors (Lipinski definition) is 1. The van der Waals surface area contributed by atoms with E-state index in [4.69, 9.17) is 11.6 Å². The molecule has 1 heterocycles. The minimum atomic E-state index is 0.776. The van der Waals surface area contributed by atoms with Crippen LogP contribution in [0.3, 0.4) is 0 Å². The fraction of sp³-hybridized carbons (Fsp3) is 0.308. The molecule has 0 atom stereocenters. The summed E-state index contributed by atoms with van der Waals surface area (Å²) in [6, 6.07) is 7.90. The van der Waals surface area contributed by atoms with Crippen molar-refractivity contribution in [3.63, 3.8) is 0 Å². The van der Waals surface area contributed by atoms with Crippen molar-refractivity contribution >= 4 is 11.6 Å². The van der Waals surface area contributed by atoms with Gasteiger partial charge in [0.05, 0.1) is 12.0 Å². The minimum absolute atomic E-state index is 0.776. The molecular formula is C13H16ClN3. The van der Waals surface area contributed by atoms with Crippen LogP contribution in [0.15, 0.2) is 36.8 Å². The average molecular weight is 250 g/mol. The van der Waals surface area contributed by atoms with Gasteiger partial charge >= 0.3 is 0 Å². The Morgan fingerprint density at radius 3 is 3.06 bits per heavy atom. The maximum Gasteiger partial charge on any atom is 0.0952 e. The number of benzene rings is 1. The summed E-state index contributed by atoms with van der Waals surface area (Å²) < 4.78 is 2.08. The zero-order valence-corrected chi connectivity index (χ0v) is 10.6. The first-order chi connectivity index (χ1) is 8.28. The molecule has 17 heavy (non-hydrogen) atoms. The summed E-state index contributed by atoms with van der Waals surface area (Å²) in [6.07, 6.45) is 4.91. The van der Waals surface area contributed by atoms with E-state index < -0.39 is 0 Å². The minimum Gasteiger partial charge on any atom is -0.333 e. The van der Waals surface area contributed by atoms with E-state index >= 15 is 0 Å². The number of likely N-dealkylation sites (N-methyl/N-ethyl adjacent to an activating group) is 1. The van der Waals surface area contributed by atoms with Crippen molar-refractivity contribution < 1.29 is 0 Å². The quantitative estimate of drug-likeness (QED) is 0.882. The molecule has 0 unspecified atom stereocenters. The van der Waals surface area contributed by atoms with Gasteiger partial charge in [-0.3, -0.25) is 0 Å². The predicted octanol–water partition coefficient (Wildman–Crippen LogP) is 2.35. The molecule has 0 spiro atoms. The van der Waals surface area contributed by atoms with Crippen LogP contribution in [0, 0.1) is 0 Å². The molecular weight excluding hydrogens is 234 g/mol. The van der Waals surface area contributed by atoms with Crippen LogP contribution >= 0.6 is 11.6 Å². The van der Waals surface area contributed by atoms with Gasteiger partial charge in [0.2, 0.25) is 0 Å². The molecule has 0 radical (unpaired) electrons. The van der Waals surface area contributed by atoms with Gasteiger partial charge in [0, 0.05) is 30.7 Å². The van der Waals surface area contributed by atoms with Gasteiger partial charge in [0.1, 0.15) is 0 Å². The molecule has 0 aliphatic heterocycles. The van der Waals surface area contributed by atoms with Crippen LogP contribution in [-0.4, -0.2) is 23.1 Å². The van der Waals surface area contributed by atoms with Crippen molar-refractivity contribution in [3.05, 3.63) is 53.1 Å². The number of nitrogens with zero attached hydrogens (tertiary/aromatic N) is 2. The van der Waals surface area contributed by atoms with E-state index in [2.05, 4.69) is 27.1 Å². The maximum atomic E-state index is 5.95. The highest BCUT2D eigenvalue weighted by Crippen LogP contribution is 2.12. The third kappa shape index (κ3) is 3.58. The molecule has 0 amide bonds. The molecule has 4 heteroatoms. The van der Waals surface area contributed by atoms with E-state index in [-0.39, 0.29) is 0 Å². The third-order valence-corrected chi connectivity index (χ3v) is 2.81. The van der Waals surface area contributed by atoms with Gasteiger partial charge in [-0.25, -0.2) is 4.98 Å². The molecule has 1 aromatic heterocycles. The molecule has 0 saturated heterocycles. The van der Waals surface area contributed by atoms with E-state index in [0.29, 0.717) is 0 Å². The van der Waals surface area contributed by atoms with Crippen LogP contribution in [0.25, 0.3) is 0 Å². The first-order valence-electron chi connectivity index (χ1n) is 5.67.